The van der Waals surface area contributed by atoms with E-state index in [0.29, 0.717) is 21.6 Å². The van der Waals surface area contributed by atoms with Crippen molar-refractivity contribution in [1.29, 1.82) is 0 Å². The van der Waals surface area contributed by atoms with Gasteiger partial charge in [0.2, 0.25) is 0 Å². The number of benzene rings is 2. The molecular formula is C20H14BrFN8O3. The molecule has 0 radical (unpaired) electrons. The second-order valence-electron chi connectivity index (χ2n) is 6.43. The molecule has 2 amide bonds. The number of hydrogen-bond donors (Lipinski definition) is 2. The van der Waals surface area contributed by atoms with Crippen molar-refractivity contribution in [2.45, 2.75) is 0 Å². The molecular weight excluding hydrogens is 499 g/mol. The number of primary amides is 1. The summed E-state index contributed by atoms with van der Waals surface area (Å²) in [5.41, 5.74) is 6.07. The number of aromatic hydroxyl groups is 1. The molecule has 0 fully saturated rings. The Morgan fingerprint density at radius 2 is 2.09 bits per heavy atom. The van der Waals surface area contributed by atoms with Crippen LogP contribution in [-0.2, 0) is 0 Å². The second-order valence-corrected chi connectivity index (χ2v) is 7.28. The minimum atomic E-state index is -0.919. The number of phenols is 1. The first-order chi connectivity index (χ1) is 15.9. The highest BCUT2D eigenvalue weighted by Crippen LogP contribution is 2.29. The molecule has 0 bridgehead atoms. The van der Waals surface area contributed by atoms with Gasteiger partial charge in [0.25, 0.3) is 0 Å². The van der Waals surface area contributed by atoms with Crippen LogP contribution in [0.15, 0.2) is 70.6 Å². The number of hydrazone groups is 1. The Balaban J connectivity index is 1.55. The van der Waals surface area contributed by atoms with Crippen molar-refractivity contribution in [3.8, 4) is 23.1 Å². The summed E-state index contributed by atoms with van der Waals surface area (Å²) in [4.78, 5) is 16.0. The average Bonchev–Trinajstić information content (AvgIpc) is 3.33. The number of phenolic OH excluding ortho intramolecular Hbond substituents is 1. The maximum absolute atomic E-state index is 14.8. The van der Waals surface area contributed by atoms with Crippen LogP contribution in [0.1, 0.15) is 5.56 Å². The molecule has 166 valence electrons. The Bertz CT molecular complexity index is 1330. The van der Waals surface area contributed by atoms with E-state index in [1.54, 1.807) is 12.1 Å². The number of nitrogens with two attached hydrogens (primary N) is 1. The summed E-state index contributed by atoms with van der Waals surface area (Å²) in [6.45, 7) is 0. The summed E-state index contributed by atoms with van der Waals surface area (Å²) in [5, 5.41) is 25.2. The van der Waals surface area contributed by atoms with Crippen molar-refractivity contribution in [2.75, 3.05) is 5.01 Å². The van der Waals surface area contributed by atoms with Crippen molar-refractivity contribution in [3.63, 3.8) is 0 Å². The molecule has 4 rings (SSSR count). The third-order valence-corrected chi connectivity index (χ3v) is 4.83. The molecule has 11 nitrogen and oxygen atoms in total. The van der Waals surface area contributed by atoms with E-state index in [4.69, 9.17) is 10.5 Å². The van der Waals surface area contributed by atoms with Gasteiger partial charge in [0.05, 0.1) is 16.4 Å². The van der Waals surface area contributed by atoms with E-state index >= 15 is 0 Å². The zero-order chi connectivity index (χ0) is 23.4. The van der Waals surface area contributed by atoms with Crippen molar-refractivity contribution in [2.24, 2.45) is 10.8 Å². The van der Waals surface area contributed by atoms with Crippen molar-refractivity contribution < 1.29 is 19.0 Å². The van der Waals surface area contributed by atoms with E-state index in [1.165, 1.54) is 53.8 Å². The van der Waals surface area contributed by atoms with Crippen LogP contribution in [0.4, 0.5) is 14.9 Å². The van der Waals surface area contributed by atoms with Crippen molar-refractivity contribution >= 4 is 33.9 Å². The Morgan fingerprint density at radius 1 is 1.24 bits per heavy atom. The van der Waals surface area contributed by atoms with Crippen LogP contribution >= 0.6 is 15.9 Å². The number of aromatic nitrogens is 5. The number of urea groups is 1. The predicted molar refractivity (Wildman–Crippen MR) is 119 cm³/mol. The highest BCUT2D eigenvalue weighted by Gasteiger charge is 2.15. The smallest absolute Gasteiger partial charge is 0.340 e. The third-order valence-electron chi connectivity index (χ3n) is 4.19. The molecule has 2 heterocycles. The molecule has 0 aliphatic rings. The van der Waals surface area contributed by atoms with E-state index in [2.05, 4.69) is 41.5 Å². The Hall–Kier alpha value is -4.39. The Labute approximate surface area is 194 Å². The maximum atomic E-state index is 14.8. The normalized spacial score (nSPS) is 11.0. The Morgan fingerprint density at radius 3 is 2.79 bits per heavy atom. The molecule has 13 heteroatoms. The lowest BCUT2D eigenvalue weighted by atomic mass is 10.2. The van der Waals surface area contributed by atoms with Gasteiger partial charge in [-0.3, -0.25) is 0 Å². The predicted octanol–water partition coefficient (Wildman–Crippen LogP) is 3.38. The second kappa shape index (κ2) is 9.40. The first-order valence-electron chi connectivity index (χ1n) is 9.19. The molecule has 0 aliphatic carbocycles. The number of tetrazole rings is 1. The van der Waals surface area contributed by atoms with Crippen molar-refractivity contribution in [3.05, 3.63) is 76.9 Å². The van der Waals surface area contributed by atoms with Gasteiger partial charge in [-0.05, 0) is 68.3 Å². The van der Waals surface area contributed by atoms with E-state index in [-0.39, 0.29) is 17.2 Å². The first kappa shape index (κ1) is 21.8. The molecule has 4 aromatic rings. The zero-order valence-corrected chi connectivity index (χ0v) is 18.2. The Kier molecular flexibility index (Phi) is 6.22. The van der Waals surface area contributed by atoms with E-state index < -0.39 is 11.8 Å². The van der Waals surface area contributed by atoms with Crippen LogP contribution < -0.4 is 15.5 Å². The topological polar surface area (TPSA) is 145 Å². The average molecular weight is 513 g/mol. The number of carbonyl (C=O) groups is 1. The number of anilines is 1. The number of carbonyl (C=O) groups excluding carboxylic acids is 1. The lowest BCUT2D eigenvalue weighted by Crippen LogP contribution is -2.31. The fraction of sp³-hybridized carbons (Fsp3) is 0. The van der Waals surface area contributed by atoms with Gasteiger partial charge < -0.3 is 15.6 Å². The van der Waals surface area contributed by atoms with Gasteiger partial charge in [-0.1, -0.05) is 0 Å². The highest BCUT2D eigenvalue weighted by molar-refractivity contribution is 9.10. The highest BCUT2D eigenvalue weighted by atomic mass is 79.9. The number of amides is 2. The van der Waals surface area contributed by atoms with Gasteiger partial charge >= 0.3 is 6.03 Å². The van der Waals surface area contributed by atoms with Gasteiger partial charge in [-0.2, -0.15) is 14.8 Å². The summed E-state index contributed by atoms with van der Waals surface area (Å²) in [7, 11) is 0. The lowest BCUT2D eigenvalue weighted by Gasteiger charge is -2.15. The fourth-order valence-corrected chi connectivity index (χ4v) is 3.06. The quantitative estimate of drug-likeness (QED) is 0.297. The number of nitrogens with zero attached hydrogens (tertiary/aromatic N) is 7. The van der Waals surface area contributed by atoms with Gasteiger partial charge in [-0.15, -0.1) is 5.10 Å². The number of pyridine rings is 1. The summed E-state index contributed by atoms with van der Waals surface area (Å²) >= 11 is 3.19. The van der Waals surface area contributed by atoms with Gasteiger partial charge in [0.1, 0.15) is 17.8 Å². The molecule has 0 aliphatic heterocycles. The fourth-order valence-electron chi connectivity index (χ4n) is 2.66. The summed E-state index contributed by atoms with van der Waals surface area (Å²) in [6, 6.07) is 10.6. The summed E-state index contributed by atoms with van der Waals surface area (Å²) in [5.74, 6) is -0.115. The van der Waals surface area contributed by atoms with Crippen molar-refractivity contribution in [1.82, 2.24) is 25.2 Å². The summed E-state index contributed by atoms with van der Waals surface area (Å²) < 4.78 is 22.1. The van der Waals surface area contributed by atoms with E-state index in [9.17, 15) is 14.3 Å². The van der Waals surface area contributed by atoms with Crippen LogP contribution in [0, 0.1) is 5.82 Å². The van der Waals surface area contributed by atoms with Gasteiger partial charge in [0.15, 0.2) is 17.4 Å². The van der Waals surface area contributed by atoms with Gasteiger partial charge in [0, 0.05) is 18.3 Å². The number of rotatable bonds is 6. The zero-order valence-electron chi connectivity index (χ0n) is 16.6. The molecule has 33 heavy (non-hydrogen) atoms. The molecule has 2 aromatic heterocycles. The minimum Gasteiger partial charge on any atom is -0.507 e. The third kappa shape index (κ3) is 5.10. The molecule has 2 aromatic carbocycles. The lowest BCUT2D eigenvalue weighted by molar-refractivity contribution is 0.254. The number of halogens is 2. The SMILES string of the molecule is NC(=O)N(/N=C/c1ccc(O)c(Br)c1)c1ccc(Oc2ccnc(-n3cnnn3)c2)c(F)c1. The van der Waals surface area contributed by atoms with Crippen LogP contribution in [0.25, 0.3) is 5.82 Å². The molecule has 0 spiro atoms. The van der Waals surface area contributed by atoms with Crippen LogP contribution in [0.2, 0.25) is 0 Å². The number of hydrogen-bond acceptors (Lipinski definition) is 8. The number of ether oxygens (including phenoxy) is 1. The minimum absolute atomic E-state index is 0.0517. The first-order valence-corrected chi connectivity index (χ1v) is 9.99. The van der Waals surface area contributed by atoms with Crippen LogP contribution in [0.3, 0.4) is 0 Å². The molecule has 0 unspecified atom stereocenters. The molecule has 0 atom stereocenters. The molecule has 3 N–H and O–H groups in total. The summed E-state index contributed by atoms with van der Waals surface area (Å²) in [6.07, 6.45) is 4.16. The standard InChI is InChI=1S/C20H14BrFN8O3/c21-15-7-12(1-3-17(15)31)10-26-30(20(23)32)13-2-4-18(16(22)8-13)33-14-5-6-24-19(9-14)29-11-25-27-28-29/h1-11,31H,(H2,23,32)/b26-10+. The van der Waals surface area contributed by atoms with E-state index in [0.717, 1.165) is 11.1 Å². The van der Waals surface area contributed by atoms with Crippen LogP contribution in [-0.4, -0.2) is 42.5 Å². The van der Waals surface area contributed by atoms with Crippen LogP contribution in [0.5, 0.6) is 17.2 Å². The van der Waals surface area contributed by atoms with E-state index in [1.807, 2.05) is 0 Å². The molecule has 0 saturated carbocycles. The largest absolute Gasteiger partial charge is 0.507 e. The molecule has 0 saturated heterocycles. The monoisotopic (exact) mass is 512 g/mol. The van der Waals surface area contributed by atoms with Gasteiger partial charge in [-0.25, -0.2) is 14.2 Å². The maximum Gasteiger partial charge on any atom is 0.340 e.